The first-order valence-electron chi connectivity index (χ1n) is 5.62. The summed E-state index contributed by atoms with van der Waals surface area (Å²) in [6.45, 7) is 7.47. The largest absolute Gasteiger partial charge is 0.389 e. The van der Waals surface area contributed by atoms with Crippen LogP contribution in [0, 0.1) is 5.41 Å². The van der Waals surface area contributed by atoms with Crippen LogP contribution in [-0.4, -0.2) is 50.5 Å². The minimum atomic E-state index is -0.527. The van der Waals surface area contributed by atoms with Crippen LogP contribution in [0.1, 0.15) is 20.8 Å². The van der Waals surface area contributed by atoms with E-state index in [0.29, 0.717) is 26.3 Å². The van der Waals surface area contributed by atoms with Crippen molar-refractivity contribution in [1.82, 2.24) is 10.6 Å². The number of carbonyl (C=O) groups is 1. The topological polar surface area (TPSA) is 70.6 Å². The average Bonchev–Trinajstić information content (AvgIpc) is 2.24. The quantitative estimate of drug-likeness (QED) is 0.539. The smallest absolute Gasteiger partial charge is 0.226 e. The van der Waals surface area contributed by atoms with Crippen LogP contribution in [0.2, 0.25) is 0 Å². The van der Waals surface area contributed by atoms with Crippen molar-refractivity contribution < 1.29 is 14.6 Å². The Morgan fingerprint density at radius 3 is 2.62 bits per heavy atom. The van der Waals surface area contributed by atoms with Crippen LogP contribution in [0.25, 0.3) is 0 Å². The first-order chi connectivity index (χ1) is 7.44. The van der Waals surface area contributed by atoms with Crippen molar-refractivity contribution in [3.8, 4) is 0 Å². The Bertz CT molecular complexity index is 207. The van der Waals surface area contributed by atoms with Crippen LogP contribution in [-0.2, 0) is 9.53 Å². The van der Waals surface area contributed by atoms with Crippen molar-refractivity contribution in [2.24, 2.45) is 5.41 Å². The summed E-state index contributed by atoms with van der Waals surface area (Å²) < 4.78 is 5.08. The highest BCUT2D eigenvalue weighted by Crippen LogP contribution is 2.12. The second-order valence-corrected chi connectivity index (χ2v) is 4.41. The molecule has 96 valence electrons. The van der Waals surface area contributed by atoms with Crippen molar-refractivity contribution >= 4 is 5.91 Å². The maximum atomic E-state index is 11.4. The lowest BCUT2D eigenvalue weighted by atomic mass is 9.92. The molecule has 0 saturated carbocycles. The van der Waals surface area contributed by atoms with E-state index in [-0.39, 0.29) is 5.91 Å². The second-order valence-electron chi connectivity index (χ2n) is 4.41. The Morgan fingerprint density at radius 2 is 2.12 bits per heavy atom. The molecule has 3 N–H and O–H groups in total. The van der Waals surface area contributed by atoms with Gasteiger partial charge in [-0.2, -0.15) is 0 Å². The van der Waals surface area contributed by atoms with Gasteiger partial charge in [0.05, 0.1) is 18.1 Å². The fourth-order valence-corrected chi connectivity index (χ4v) is 1.28. The Morgan fingerprint density at radius 1 is 1.50 bits per heavy atom. The molecule has 0 aliphatic carbocycles. The minimum absolute atomic E-state index is 0.0145. The minimum Gasteiger partial charge on any atom is -0.389 e. The lowest BCUT2D eigenvalue weighted by Crippen LogP contribution is -2.44. The number of hydrogen-bond acceptors (Lipinski definition) is 4. The van der Waals surface area contributed by atoms with E-state index in [1.54, 1.807) is 7.05 Å². The summed E-state index contributed by atoms with van der Waals surface area (Å²) >= 11 is 0. The molecule has 1 atom stereocenters. The molecule has 0 aliphatic rings. The zero-order valence-corrected chi connectivity index (χ0v) is 10.7. The van der Waals surface area contributed by atoms with E-state index in [2.05, 4.69) is 10.6 Å². The van der Waals surface area contributed by atoms with Crippen LogP contribution >= 0.6 is 0 Å². The van der Waals surface area contributed by atoms with E-state index in [1.165, 1.54) is 0 Å². The van der Waals surface area contributed by atoms with Gasteiger partial charge in [0, 0.05) is 26.7 Å². The SMILES string of the molecule is CCOCC(O)CNCC(C)(C)C(=O)NC. The van der Waals surface area contributed by atoms with Gasteiger partial charge >= 0.3 is 0 Å². The van der Waals surface area contributed by atoms with Crippen molar-refractivity contribution in [2.45, 2.75) is 26.9 Å². The zero-order valence-electron chi connectivity index (χ0n) is 10.7. The molecule has 0 bridgehead atoms. The number of ether oxygens (including phenoxy) is 1. The van der Waals surface area contributed by atoms with E-state index < -0.39 is 11.5 Å². The van der Waals surface area contributed by atoms with Gasteiger partial charge in [0.2, 0.25) is 5.91 Å². The fraction of sp³-hybridized carbons (Fsp3) is 0.909. The van der Waals surface area contributed by atoms with Crippen LogP contribution < -0.4 is 10.6 Å². The average molecular weight is 232 g/mol. The predicted octanol–water partition coefficient (Wildman–Crippen LogP) is -0.254. The molecule has 0 aliphatic heterocycles. The molecule has 5 nitrogen and oxygen atoms in total. The molecular weight excluding hydrogens is 208 g/mol. The van der Waals surface area contributed by atoms with E-state index in [4.69, 9.17) is 4.74 Å². The van der Waals surface area contributed by atoms with Crippen LogP contribution in [0.4, 0.5) is 0 Å². The molecule has 0 aromatic carbocycles. The molecule has 0 fully saturated rings. The van der Waals surface area contributed by atoms with Gasteiger partial charge in [-0.3, -0.25) is 4.79 Å². The number of nitrogens with one attached hydrogen (secondary N) is 2. The Balaban J connectivity index is 3.75. The van der Waals surface area contributed by atoms with E-state index in [1.807, 2.05) is 20.8 Å². The molecule has 0 rings (SSSR count). The molecule has 5 heteroatoms. The van der Waals surface area contributed by atoms with Crippen LogP contribution in [0.5, 0.6) is 0 Å². The Hall–Kier alpha value is -0.650. The first kappa shape index (κ1) is 15.3. The number of carbonyl (C=O) groups excluding carboxylic acids is 1. The number of amides is 1. The molecule has 0 aromatic heterocycles. The van der Waals surface area contributed by atoms with Gasteiger partial charge in [-0.1, -0.05) is 0 Å². The van der Waals surface area contributed by atoms with Gasteiger partial charge in [-0.05, 0) is 20.8 Å². The third kappa shape index (κ3) is 6.05. The van der Waals surface area contributed by atoms with Crippen LogP contribution in [0.3, 0.4) is 0 Å². The van der Waals surface area contributed by atoms with E-state index in [0.717, 1.165) is 0 Å². The zero-order chi connectivity index (χ0) is 12.6. The fourth-order valence-electron chi connectivity index (χ4n) is 1.28. The van der Waals surface area contributed by atoms with Gasteiger partial charge in [-0.15, -0.1) is 0 Å². The van der Waals surface area contributed by atoms with E-state index >= 15 is 0 Å². The maximum Gasteiger partial charge on any atom is 0.226 e. The summed E-state index contributed by atoms with van der Waals surface area (Å²) in [7, 11) is 1.62. The van der Waals surface area contributed by atoms with Crippen molar-refractivity contribution in [3.63, 3.8) is 0 Å². The first-order valence-corrected chi connectivity index (χ1v) is 5.62. The highest BCUT2D eigenvalue weighted by Gasteiger charge is 2.26. The van der Waals surface area contributed by atoms with Gasteiger partial charge < -0.3 is 20.5 Å². The molecule has 0 radical (unpaired) electrons. The molecular formula is C11H24N2O3. The maximum absolute atomic E-state index is 11.4. The number of hydrogen-bond donors (Lipinski definition) is 3. The Kier molecular flexibility index (Phi) is 7.29. The Labute approximate surface area is 97.6 Å². The second kappa shape index (κ2) is 7.60. The normalized spacial score (nSPS) is 13.6. The molecule has 0 heterocycles. The summed E-state index contributed by atoms with van der Waals surface area (Å²) in [5.74, 6) is -0.0145. The molecule has 1 amide bonds. The van der Waals surface area contributed by atoms with Crippen molar-refractivity contribution in [1.29, 1.82) is 0 Å². The summed E-state index contributed by atoms with van der Waals surface area (Å²) in [5.41, 5.74) is -0.472. The summed E-state index contributed by atoms with van der Waals surface area (Å²) in [5, 5.41) is 15.2. The highest BCUT2D eigenvalue weighted by atomic mass is 16.5. The molecule has 0 aromatic rings. The third-order valence-corrected chi connectivity index (χ3v) is 2.30. The molecule has 0 saturated heterocycles. The monoisotopic (exact) mass is 232 g/mol. The van der Waals surface area contributed by atoms with Gasteiger partial charge in [-0.25, -0.2) is 0 Å². The predicted molar refractivity (Wildman–Crippen MR) is 63.2 cm³/mol. The van der Waals surface area contributed by atoms with E-state index in [9.17, 15) is 9.90 Å². The lowest BCUT2D eigenvalue weighted by molar-refractivity contribution is -0.128. The molecule has 1 unspecified atom stereocenters. The number of aliphatic hydroxyl groups is 1. The van der Waals surface area contributed by atoms with Crippen molar-refractivity contribution in [2.75, 3.05) is 33.4 Å². The van der Waals surface area contributed by atoms with Gasteiger partial charge in [0.1, 0.15) is 0 Å². The number of rotatable bonds is 8. The standard InChI is InChI=1S/C11H24N2O3/c1-5-16-7-9(14)6-13-8-11(2,3)10(15)12-4/h9,13-14H,5-8H2,1-4H3,(H,12,15). The lowest BCUT2D eigenvalue weighted by Gasteiger charge is -2.23. The third-order valence-electron chi connectivity index (χ3n) is 2.30. The summed E-state index contributed by atoms with van der Waals surface area (Å²) in [4.78, 5) is 11.4. The van der Waals surface area contributed by atoms with Gasteiger partial charge in [0.25, 0.3) is 0 Å². The van der Waals surface area contributed by atoms with Crippen molar-refractivity contribution in [3.05, 3.63) is 0 Å². The van der Waals surface area contributed by atoms with Gasteiger partial charge in [0.15, 0.2) is 0 Å². The summed E-state index contributed by atoms with van der Waals surface area (Å²) in [6, 6.07) is 0. The number of aliphatic hydroxyl groups excluding tert-OH is 1. The summed E-state index contributed by atoms with van der Waals surface area (Å²) in [6.07, 6.45) is -0.527. The van der Waals surface area contributed by atoms with Crippen LogP contribution in [0.15, 0.2) is 0 Å². The molecule has 16 heavy (non-hydrogen) atoms. The molecule has 0 spiro atoms. The highest BCUT2D eigenvalue weighted by molar-refractivity contribution is 5.81.